The lowest BCUT2D eigenvalue weighted by Gasteiger charge is -2.22. The molecule has 0 unspecified atom stereocenters. The van der Waals surface area contributed by atoms with Crippen LogP contribution in [0.4, 0.5) is 11.4 Å². The highest BCUT2D eigenvalue weighted by molar-refractivity contribution is 6.02. The van der Waals surface area contributed by atoms with Crippen LogP contribution in [-0.4, -0.2) is 31.4 Å². The van der Waals surface area contributed by atoms with E-state index < -0.39 is 0 Å². The van der Waals surface area contributed by atoms with Gasteiger partial charge in [0.05, 0.1) is 5.56 Å². The van der Waals surface area contributed by atoms with E-state index >= 15 is 0 Å². The molecule has 0 atom stereocenters. The summed E-state index contributed by atoms with van der Waals surface area (Å²) >= 11 is 0. The quantitative estimate of drug-likeness (QED) is 0.688. The fraction of sp³-hybridized carbons (Fsp3) is 0.652. The van der Waals surface area contributed by atoms with Gasteiger partial charge in [-0.2, -0.15) is 0 Å². The molecule has 0 bridgehead atoms. The molecule has 2 fully saturated rings. The molecule has 1 saturated carbocycles. The Hall–Kier alpha value is -2.04. The molecule has 0 aromatic heterocycles. The van der Waals surface area contributed by atoms with Gasteiger partial charge in [0.15, 0.2) is 0 Å². The molecule has 2 amide bonds. The van der Waals surface area contributed by atoms with Crippen LogP contribution in [0, 0.1) is 11.8 Å². The lowest BCUT2D eigenvalue weighted by atomic mass is 10.0. The predicted octanol–water partition coefficient (Wildman–Crippen LogP) is 4.58. The van der Waals surface area contributed by atoms with Gasteiger partial charge in [0.25, 0.3) is 5.91 Å². The first-order chi connectivity index (χ1) is 13.5. The molecule has 154 valence electrons. The first kappa shape index (κ1) is 20.7. The fourth-order valence-corrected chi connectivity index (χ4v) is 4.28. The zero-order chi connectivity index (χ0) is 19.9. The minimum atomic E-state index is -0.0577. The molecule has 0 spiro atoms. The van der Waals surface area contributed by atoms with Crippen molar-refractivity contribution in [2.75, 3.05) is 29.9 Å². The topological polar surface area (TPSA) is 61.4 Å². The van der Waals surface area contributed by atoms with Gasteiger partial charge in [0, 0.05) is 37.4 Å². The van der Waals surface area contributed by atoms with Crippen molar-refractivity contribution in [2.24, 2.45) is 11.8 Å². The van der Waals surface area contributed by atoms with E-state index in [2.05, 4.69) is 29.4 Å². The lowest BCUT2D eigenvalue weighted by molar-refractivity contribution is -0.116. The maximum absolute atomic E-state index is 12.8. The maximum Gasteiger partial charge on any atom is 0.253 e. The minimum absolute atomic E-state index is 0.0503. The monoisotopic (exact) mass is 385 g/mol. The number of rotatable bonds is 8. The first-order valence-corrected chi connectivity index (χ1v) is 11.0. The molecule has 1 aliphatic heterocycles. The molecule has 2 aliphatic rings. The van der Waals surface area contributed by atoms with Crippen molar-refractivity contribution in [3.05, 3.63) is 23.8 Å². The molecule has 0 radical (unpaired) electrons. The van der Waals surface area contributed by atoms with E-state index in [0.717, 1.165) is 38.0 Å². The van der Waals surface area contributed by atoms with E-state index in [4.69, 9.17) is 0 Å². The van der Waals surface area contributed by atoms with E-state index in [1.807, 2.05) is 18.2 Å². The highest BCUT2D eigenvalue weighted by Crippen LogP contribution is 2.30. The Morgan fingerprint density at radius 3 is 2.50 bits per heavy atom. The van der Waals surface area contributed by atoms with Crippen LogP contribution in [0.15, 0.2) is 18.2 Å². The Bertz CT molecular complexity index is 674. The molecule has 1 heterocycles. The van der Waals surface area contributed by atoms with Gasteiger partial charge < -0.3 is 15.5 Å². The van der Waals surface area contributed by atoms with Crippen molar-refractivity contribution in [2.45, 2.75) is 65.2 Å². The largest absolute Gasteiger partial charge is 0.371 e. The van der Waals surface area contributed by atoms with E-state index in [1.54, 1.807) is 0 Å². The summed E-state index contributed by atoms with van der Waals surface area (Å²) in [4.78, 5) is 27.5. The van der Waals surface area contributed by atoms with Gasteiger partial charge in [-0.05, 0) is 49.3 Å². The Balaban J connectivity index is 1.67. The van der Waals surface area contributed by atoms with Gasteiger partial charge in [-0.25, -0.2) is 0 Å². The predicted molar refractivity (Wildman–Crippen MR) is 115 cm³/mol. The number of nitrogens with one attached hydrogen (secondary N) is 2. The van der Waals surface area contributed by atoms with Crippen molar-refractivity contribution < 1.29 is 9.59 Å². The first-order valence-electron chi connectivity index (χ1n) is 11.0. The number of anilines is 2. The lowest BCUT2D eigenvalue weighted by Crippen LogP contribution is -2.30. The van der Waals surface area contributed by atoms with Crippen molar-refractivity contribution >= 4 is 23.2 Å². The van der Waals surface area contributed by atoms with Gasteiger partial charge in [-0.15, -0.1) is 0 Å². The number of carbonyl (C=O) groups is 2. The zero-order valence-corrected chi connectivity index (χ0v) is 17.4. The third-order valence-electron chi connectivity index (χ3n) is 5.90. The molecule has 28 heavy (non-hydrogen) atoms. The van der Waals surface area contributed by atoms with Crippen molar-refractivity contribution in [1.29, 1.82) is 0 Å². The summed E-state index contributed by atoms with van der Waals surface area (Å²) in [5.74, 6) is 1.10. The van der Waals surface area contributed by atoms with Crippen molar-refractivity contribution in [1.82, 2.24) is 5.32 Å². The van der Waals surface area contributed by atoms with Crippen LogP contribution in [-0.2, 0) is 4.79 Å². The number of hydrogen-bond donors (Lipinski definition) is 2. The number of hydrogen-bond acceptors (Lipinski definition) is 3. The average molecular weight is 386 g/mol. The Morgan fingerprint density at radius 1 is 1.11 bits per heavy atom. The van der Waals surface area contributed by atoms with Crippen molar-refractivity contribution in [3.8, 4) is 0 Å². The Morgan fingerprint density at radius 2 is 1.82 bits per heavy atom. The molecule has 2 N–H and O–H groups in total. The van der Waals surface area contributed by atoms with Crippen molar-refractivity contribution in [3.63, 3.8) is 0 Å². The van der Waals surface area contributed by atoms with Crippen LogP contribution in [0.5, 0.6) is 0 Å². The highest BCUT2D eigenvalue weighted by atomic mass is 16.2. The summed E-state index contributed by atoms with van der Waals surface area (Å²) in [6.45, 7) is 6.79. The smallest absolute Gasteiger partial charge is 0.253 e. The Labute approximate surface area is 169 Å². The molecular formula is C23H35N3O2. The average Bonchev–Trinajstić information content (AvgIpc) is 3.38. The van der Waals surface area contributed by atoms with E-state index in [-0.39, 0.29) is 11.8 Å². The Kier molecular flexibility index (Phi) is 7.35. The van der Waals surface area contributed by atoms with Crippen LogP contribution in [0.25, 0.3) is 0 Å². The van der Waals surface area contributed by atoms with Gasteiger partial charge >= 0.3 is 0 Å². The minimum Gasteiger partial charge on any atom is -0.371 e. The standard InChI is InChI=1S/C23H35N3O2/c1-17(2)16-24-23(28)20-15-19(10-11-21(20)26-13-5-6-14-26)25-22(27)12-9-18-7-3-4-8-18/h10-11,15,17-18H,3-9,12-14,16H2,1-2H3,(H,24,28)(H,25,27). The highest BCUT2D eigenvalue weighted by Gasteiger charge is 2.21. The summed E-state index contributed by atoms with van der Waals surface area (Å²) in [5.41, 5.74) is 2.35. The van der Waals surface area contributed by atoms with Gasteiger partial charge in [-0.3, -0.25) is 9.59 Å². The number of amides is 2. The molecule has 5 heteroatoms. The molecule has 1 aromatic rings. The van der Waals surface area contributed by atoms with Gasteiger partial charge in [0.2, 0.25) is 5.91 Å². The summed E-state index contributed by atoms with van der Waals surface area (Å²) in [6, 6.07) is 5.76. The SMILES string of the molecule is CC(C)CNC(=O)c1cc(NC(=O)CCC2CCCC2)ccc1N1CCCC1. The third kappa shape index (κ3) is 5.73. The van der Waals surface area contributed by atoms with Crippen LogP contribution in [0.2, 0.25) is 0 Å². The second kappa shape index (κ2) is 9.94. The normalized spacial score (nSPS) is 17.3. The fourth-order valence-electron chi connectivity index (χ4n) is 4.28. The van der Waals surface area contributed by atoms with Crippen LogP contribution < -0.4 is 15.5 Å². The zero-order valence-electron chi connectivity index (χ0n) is 17.4. The number of nitrogens with zero attached hydrogens (tertiary/aromatic N) is 1. The number of carbonyl (C=O) groups excluding carboxylic acids is 2. The molecular weight excluding hydrogens is 350 g/mol. The molecule has 5 nitrogen and oxygen atoms in total. The summed E-state index contributed by atoms with van der Waals surface area (Å²) < 4.78 is 0. The van der Waals surface area contributed by atoms with Crippen LogP contribution in [0.1, 0.15) is 75.6 Å². The third-order valence-corrected chi connectivity index (χ3v) is 5.90. The molecule has 3 rings (SSSR count). The van der Waals surface area contributed by atoms with Gasteiger partial charge in [-0.1, -0.05) is 39.5 Å². The van der Waals surface area contributed by atoms with E-state index in [9.17, 15) is 9.59 Å². The van der Waals surface area contributed by atoms with Gasteiger partial charge in [0.1, 0.15) is 0 Å². The molecule has 1 aromatic carbocycles. The molecule has 1 saturated heterocycles. The summed E-state index contributed by atoms with van der Waals surface area (Å²) in [6.07, 6.45) is 8.99. The molecule has 1 aliphatic carbocycles. The second-order valence-corrected chi connectivity index (χ2v) is 8.77. The summed E-state index contributed by atoms with van der Waals surface area (Å²) in [7, 11) is 0. The second-order valence-electron chi connectivity index (χ2n) is 8.77. The summed E-state index contributed by atoms with van der Waals surface area (Å²) in [5, 5.41) is 6.03. The van der Waals surface area contributed by atoms with E-state index in [1.165, 1.54) is 25.7 Å². The van der Waals surface area contributed by atoms with E-state index in [0.29, 0.717) is 36.1 Å². The maximum atomic E-state index is 12.8. The number of benzene rings is 1. The van der Waals surface area contributed by atoms with Crippen LogP contribution in [0.3, 0.4) is 0 Å². The van der Waals surface area contributed by atoms with Crippen LogP contribution >= 0.6 is 0 Å².